The fraction of sp³-hybridized carbons (Fsp3) is 0.379. The minimum absolute atomic E-state index is 0.221. The van der Waals surface area contributed by atoms with E-state index < -0.39 is 0 Å². The van der Waals surface area contributed by atoms with Crippen LogP contribution in [0, 0.1) is 13.8 Å². The van der Waals surface area contributed by atoms with Crippen molar-refractivity contribution >= 4 is 0 Å². The van der Waals surface area contributed by atoms with Crippen molar-refractivity contribution in [2.24, 2.45) is 0 Å². The van der Waals surface area contributed by atoms with E-state index in [4.69, 9.17) is 23.7 Å². The SMILES string of the molecule is COc1ccc(C(C)c2cc(C)c(C)c(OC)c2)cc1CCc1cc(OC)c(OC)c(OC)c1. The van der Waals surface area contributed by atoms with Gasteiger partial charge in [-0.15, -0.1) is 0 Å². The number of rotatable bonds is 10. The second-order valence-electron chi connectivity index (χ2n) is 8.49. The first kappa shape index (κ1) is 25.3. The third kappa shape index (κ3) is 5.24. The second kappa shape index (κ2) is 11.2. The number of ether oxygens (including phenoxy) is 5. The maximum Gasteiger partial charge on any atom is 0.203 e. The summed E-state index contributed by atoms with van der Waals surface area (Å²) in [5.41, 5.74) is 7.16. The highest BCUT2D eigenvalue weighted by molar-refractivity contribution is 5.54. The predicted molar refractivity (Wildman–Crippen MR) is 136 cm³/mol. The monoisotopic (exact) mass is 464 g/mol. The Hall–Kier alpha value is -3.34. The van der Waals surface area contributed by atoms with Crippen LogP contribution >= 0.6 is 0 Å². The third-order valence-corrected chi connectivity index (χ3v) is 6.57. The van der Waals surface area contributed by atoms with E-state index in [1.165, 1.54) is 22.3 Å². The van der Waals surface area contributed by atoms with Gasteiger partial charge in [0.1, 0.15) is 11.5 Å². The predicted octanol–water partition coefficient (Wildman–Crippen LogP) is 6.28. The zero-order chi connectivity index (χ0) is 24.8. The van der Waals surface area contributed by atoms with Gasteiger partial charge >= 0.3 is 0 Å². The van der Waals surface area contributed by atoms with E-state index >= 15 is 0 Å². The molecular formula is C29H36O5. The van der Waals surface area contributed by atoms with Gasteiger partial charge < -0.3 is 23.7 Å². The van der Waals surface area contributed by atoms with E-state index in [0.717, 1.165) is 35.5 Å². The van der Waals surface area contributed by atoms with E-state index in [9.17, 15) is 0 Å². The van der Waals surface area contributed by atoms with Crippen LogP contribution in [0.15, 0.2) is 42.5 Å². The van der Waals surface area contributed by atoms with Crippen LogP contribution in [0.5, 0.6) is 28.7 Å². The first-order valence-corrected chi connectivity index (χ1v) is 11.5. The average Bonchev–Trinajstić information content (AvgIpc) is 2.87. The fourth-order valence-corrected chi connectivity index (χ4v) is 4.33. The summed E-state index contributed by atoms with van der Waals surface area (Å²) in [4.78, 5) is 0. The lowest BCUT2D eigenvalue weighted by Crippen LogP contribution is -2.03. The van der Waals surface area contributed by atoms with Gasteiger partial charge in [0.05, 0.1) is 35.5 Å². The molecule has 0 amide bonds. The first-order valence-electron chi connectivity index (χ1n) is 11.5. The third-order valence-electron chi connectivity index (χ3n) is 6.57. The van der Waals surface area contributed by atoms with Gasteiger partial charge in [0.2, 0.25) is 5.75 Å². The van der Waals surface area contributed by atoms with Crippen LogP contribution in [0.25, 0.3) is 0 Å². The zero-order valence-electron chi connectivity index (χ0n) is 21.6. The van der Waals surface area contributed by atoms with Crippen LogP contribution in [0.1, 0.15) is 46.2 Å². The quantitative estimate of drug-likeness (QED) is 0.353. The van der Waals surface area contributed by atoms with Crippen molar-refractivity contribution in [3.05, 3.63) is 75.8 Å². The number of hydrogen-bond acceptors (Lipinski definition) is 5. The molecule has 0 aliphatic rings. The van der Waals surface area contributed by atoms with E-state index in [-0.39, 0.29) is 5.92 Å². The smallest absolute Gasteiger partial charge is 0.203 e. The molecule has 34 heavy (non-hydrogen) atoms. The Bertz CT molecular complexity index is 1110. The molecule has 0 bridgehead atoms. The van der Waals surface area contributed by atoms with Gasteiger partial charge in [-0.2, -0.15) is 0 Å². The zero-order valence-corrected chi connectivity index (χ0v) is 21.6. The van der Waals surface area contributed by atoms with Gasteiger partial charge in [-0.25, -0.2) is 0 Å². The highest BCUT2D eigenvalue weighted by Crippen LogP contribution is 2.39. The number of hydrogen-bond donors (Lipinski definition) is 0. The molecule has 5 nitrogen and oxygen atoms in total. The van der Waals surface area contributed by atoms with E-state index in [2.05, 4.69) is 51.1 Å². The summed E-state index contributed by atoms with van der Waals surface area (Å²) in [6.45, 7) is 6.45. The maximum absolute atomic E-state index is 5.68. The molecule has 0 aliphatic carbocycles. The molecule has 1 atom stereocenters. The second-order valence-corrected chi connectivity index (χ2v) is 8.49. The first-order chi connectivity index (χ1) is 16.4. The molecule has 0 spiro atoms. The normalized spacial score (nSPS) is 11.6. The minimum atomic E-state index is 0.221. The van der Waals surface area contributed by atoms with Crippen molar-refractivity contribution < 1.29 is 23.7 Å². The fourth-order valence-electron chi connectivity index (χ4n) is 4.33. The van der Waals surface area contributed by atoms with Crippen LogP contribution in [-0.4, -0.2) is 35.5 Å². The van der Waals surface area contributed by atoms with Crippen molar-refractivity contribution in [1.82, 2.24) is 0 Å². The molecule has 0 N–H and O–H groups in total. The van der Waals surface area contributed by atoms with Crippen molar-refractivity contribution in [3.8, 4) is 28.7 Å². The summed E-state index contributed by atoms with van der Waals surface area (Å²) in [7, 11) is 8.33. The van der Waals surface area contributed by atoms with Gasteiger partial charge in [-0.05, 0) is 84.3 Å². The summed E-state index contributed by atoms with van der Waals surface area (Å²) in [5, 5.41) is 0. The maximum atomic E-state index is 5.68. The van der Waals surface area contributed by atoms with E-state index in [1.54, 1.807) is 35.5 Å². The molecular weight excluding hydrogens is 428 g/mol. The summed E-state index contributed by atoms with van der Waals surface area (Å²) in [6.07, 6.45) is 1.63. The number of methoxy groups -OCH3 is 5. The Labute approximate surface area is 203 Å². The lowest BCUT2D eigenvalue weighted by molar-refractivity contribution is 0.324. The van der Waals surface area contributed by atoms with Gasteiger partial charge in [0, 0.05) is 5.92 Å². The summed E-state index contributed by atoms with van der Waals surface area (Å²) in [5.74, 6) is 3.97. The molecule has 0 aliphatic heterocycles. The van der Waals surface area contributed by atoms with Crippen LogP contribution in [0.2, 0.25) is 0 Å². The van der Waals surface area contributed by atoms with E-state index in [1.807, 2.05) is 12.1 Å². The Morgan fingerprint density at radius 1 is 0.618 bits per heavy atom. The molecule has 182 valence electrons. The topological polar surface area (TPSA) is 46.2 Å². The Morgan fingerprint density at radius 3 is 1.79 bits per heavy atom. The van der Waals surface area contributed by atoms with Gasteiger partial charge in [-0.3, -0.25) is 0 Å². The van der Waals surface area contributed by atoms with Crippen LogP contribution < -0.4 is 23.7 Å². The van der Waals surface area contributed by atoms with Crippen molar-refractivity contribution in [2.45, 2.75) is 39.5 Å². The van der Waals surface area contributed by atoms with E-state index in [0.29, 0.717) is 17.2 Å². The molecule has 0 fully saturated rings. The molecule has 5 heteroatoms. The Kier molecular flexibility index (Phi) is 8.32. The van der Waals surface area contributed by atoms with Gasteiger partial charge in [0.25, 0.3) is 0 Å². The molecule has 0 heterocycles. The molecule has 3 aromatic rings. The summed E-state index contributed by atoms with van der Waals surface area (Å²) in [6, 6.07) is 14.9. The molecule has 0 aromatic heterocycles. The van der Waals surface area contributed by atoms with Crippen molar-refractivity contribution in [1.29, 1.82) is 0 Å². The molecule has 3 rings (SSSR count). The Balaban J connectivity index is 1.90. The van der Waals surface area contributed by atoms with Crippen LogP contribution in [0.4, 0.5) is 0 Å². The summed E-state index contributed by atoms with van der Waals surface area (Å²) < 4.78 is 27.8. The van der Waals surface area contributed by atoms with Gasteiger partial charge in [-0.1, -0.05) is 25.1 Å². The van der Waals surface area contributed by atoms with Crippen LogP contribution in [0.3, 0.4) is 0 Å². The minimum Gasteiger partial charge on any atom is -0.496 e. The van der Waals surface area contributed by atoms with Crippen molar-refractivity contribution in [3.63, 3.8) is 0 Å². The van der Waals surface area contributed by atoms with Crippen molar-refractivity contribution in [2.75, 3.05) is 35.5 Å². The van der Waals surface area contributed by atoms with Gasteiger partial charge in [0.15, 0.2) is 11.5 Å². The standard InChI is InChI=1S/C29H36O5/c1-18-13-24(17-26(31-5)19(18)2)20(3)22-11-12-25(30-4)23(16-22)10-9-21-14-27(32-6)29(34-8)28(15-21)33-7/h11-17,20H,9-10H2,1-8H3. The molecule has 1 unspecified atom stereocenters. The summed E-state index contributed by atoms with van der Waals surface area (Å²) >= 11 is 0. The molecule has 3 aromatic carbocycles. The largest absolute Gasteiger partial charge is 0.496 e. The lowest BCUT2D eigenvalue weighted by Gasteiger charge is -2.19. The highest BCUT2D eigenvalue weighted by atomic mass is 16.5. The highest BCUT2D eigenvalue weighted by Gasteiger charge is 2.16. The Morgan fingerprint density at radius 2 is 1.24 bits per heavy atom. The number of benzene rings is 3. The average molecular weight is 465 g/mol. The molecule has 0 saturated heterocycles. The number of aryl methyl sites for hydroxylation is 3. The molecule has 0 saturated carbocycles. The van der Waals surface area contributed by atoms with Crippen LogP contribution in [-0.2, 0) is 12.8 Å². The molecule has 0 radical (unpaired) electrons. The lowest BCUT2D eigenvalue weighted by atomic mass is 9.89.